The largest absolute Gasteiger partial charge is 0.480 e. The molecule has 0 unspecified atom stereocenters. The molecule has 1 N–H and O–H groups in total. The zero-order valence-electron chi connectivity index (χ0n) is 7.10. The van der Waals surface area contributed by atoms with Crippen molar-refractivity contribution in [2.75, 3.05) is 19.8 Å². The summed E-state index contributed by atoms with van der Waals surface area (Å²) >= 11 is 0. The first-order valence-corrected chi connectivity index (χ1v) is 3.90. The standard InChI is InChI=1S/C8H11NO4/c1-2-7(10)9-3-4-13-5-6(9)8(11)12/h2,6H,1,3-5H2,(H,11,12)/t6-/m1/s1. The fourth-order valence-electron chi connectivity index (χ4n) is 1.19. The van der Waals surface area contributed by atoms with Crippen LogP contribution in [-0.2, 0) is 14.3 Å². The Labute approximate surface area is 75.6 Å². The van der Waals surface area contributed by atoms with Gasteiger partial charge in [-0.25, -0.2) is 4.79 Å². The molecule has 1 saturated heterocycles. The zero-order chi connectivity index (χ0) is 9.84. The van der Waals surface area contributed by atoms with Gasteiger partial charge in [0.05, 0.1) is 13.2 Å². The van der Waals surface area contributed by atoms with E-state index in [1.54, 1.807) is 0 Å². The molecular weight excluding hydrogens is 174 g/mol. The first-order chi connectivity index (χ1) is 6.16. The van der Waals surface area contributed by atoms with Gasteiger partial charge in [-0.05, 0) is 6.08 Å². The lowest BCUT2D eigenvalue weighted by Crippen LogP contribution is -2.52. The third kappa shape index (κ3) is 2.06. The molecule has 1 heterocycles. The number of carbonyl (C=O) groups excluding carboxylic acids is 1. The second-order valence-electron chi connectivity index (χ2n) is 2.66. The summed E-state index contributed by atoms with van der Waals surface area (Å²) in [5, 5.41) is 8.74. The van der Waals surface area contributed by atoms with Gasteiger partial charge in [-0.15, -0.1) is 0 Å². The molecule has 0 aliphatic carbocycles. The first-order valence-electron chi connectivity index (χ1n) is 3.90. The summed E-state index contributed by atoms with van der Waals surface area (Å²) in [5.74, 6) is -1.41. The van der Waals surface area contributed by atoms with Crippen LogP contribution in [0.5, 0.6) is 0 Å². The molecule has 1 aliphatic rings. The molecule has 1 aliphatic heterocycles. The van der Waals surface area contributed by atoms with Crippen molar-refractivity contribution in [2.24, 2.45) is 0 Å². The lowest BCUT2D eigenvalue weighted by Gasteiger charge is -2.31. The van der Waals surface area contributed by atoms with Crippen LogP contribution in [0.15, 0.2) is 12.7 Å². The number of carboxylic acid groups (broad SMARTS) is 1. The second kappa shape index (κ2) is 4.04. The minimum atomic E-state index is -1.05. The van der Waals surface area contributed by atoms with Gasteiger partial charge in [0.15, 0.2) is 6.04 Å². The molecule has 1 rings (SSSR count). The van der Waals surface area contributed by atoms with Gasteiger partial charge in [-0.2, -0.15) is 0 Å². The van der Waals surface area contributed by atoms with E-state index < -0.39 is 12.0 Å². The summed E-state index contributed by atoms with van der Waals surface area (Å²) in [6.45, 7) is 4.04. The number of carboxylic acids is 1. The lowest BCUT2D eigenvalue weighted by atomic mass is 10.2. The van der Waals surface area contributed by atoms with E-state index in [2.05, 4.69) is 6.58 Å². The van der Waals surface area contributed by atoms with Crippen molar-refractivity contribution in [2.45, 2.75) is 6.04 Å². The van der Waals surface area contributed by atoms with Crippen LogP contribution < -0.4 is 0 Å². The van der Waals surface area contributed by atoms with Crippen LogP contribution >= 0.6 is 0 Å². The summed E-state index contributed by atoms with van der Waals surface area (Å²) in [6.07, 6.45) is 1.11. The van der Waals surface area contributed by atoms with E-state index in [0.29, 0.717) is 13.2 Å². The second-order valence-corrected chi connectivity index (χ2v) is 2.66. The van der Waals surface area contributed by atoms with Crippen molar-refractivity contribution >= 4 is 11.9 Å². The molecule has 1 amide bonds. The predicted octanol–water partition coefficient (Wildman–Crippen LogP) is -0.516. The highest BCUT2D eigenvalue weighted by Crippen LogP contribution is 2.07. The average molecular weight is 185 g/mol. The molecule has 1 fully saturated rings. The normalized spacial score (nSPS) is 22.5. The van der Waals surface area contributed by atoms with Gasteiger partial charge in [0.1, 0.15) is 0 Å². The van der Waals surface area contributed by atoms with E-state index in [1.807, 2.05) is 0 Å². The minimum Gasteiger partial charge on any atom is -0.480 e. The maximum Gasteiger partial charge on any atom is 0.328 e. The van der Waals surface area contributed by atoms with E-state index in [9.17, 15) is 9.59 Å². The first kappa shape index (κ1) is 9.73. The highest BCUT2D eigenvalue weighted by atomic mass is 16.5. The Morgan fingerprint density at radius 1 is 1.62 bits per heavy atom. The topological polar surface area (TPSA) is 66.8 Å². The Balaban J connectivity index is 2.72. The van der Waals surface area contributed by atoms with Gasteiger partial charge in [0.2, 0.25) is 5.91 Å². The van der Waals surface area contributed by atoms with Crippen LogP contribution in [0.4, 0.5) is 0 Å². The van der Waals surface area contributed by atoms with Gasteiger partial charge < -0.3 is 14.7 Å². The van der Waals surface area contributed by atoms with Crippen LogP contribution in [-0.4, -0.2) is 47.7 Å². The number of hydrogen-bond donors (Lipinski definition) is 1. The number of amides is 1. The van der Waals surface area contributed by atoms with E-state index in [-0.39, 0.29) is 12.5 Å². The Morgan fingerprint density at radius 2 is 2.31 bits per heavy atom. The summed E-state index contributed by atoms with van der Waals surface area (Å²) in [7, 11) is 0. The SMILES string of the molecule is C=CC(=O)N1CCOC[C@@H]1C(=O)O. The van der Waals surface area contributed by atoms with E-state index in [0.717, 1.165) is 6.08 Å². The molecule has 5 nitrogen and oxygen atoms in total. The number of hydrogen-bond acceptors (Lipinski definition) is 3. The smallest absolute Gasteiger partial charge is 0.328 e. The van der Waals surface area contributed by atoms with Crippen molar-refractivity contribution in [1.82, 2.24) is 4.90 Å². The molecular formula is C8H11NO4. The summed E-state index contributed by atoms with van der Waals surface area (Å²) in [4.78, 5) is 23.1. The molecule has 0 radical (unpaired) electrons. The van der Waals surface area contributed by atoms with Crippen LogP contribution in [0, 0.1) is 0 Å². The molecule has 0 bridgehead atoms. The number of carbonyl (C=O) groups is 2. The Kier molecular flexibility index (Phi) is 3.02. The Hall–Kier alpha value is -1.36. The molecule has 1 atom stereocenters. The van der Waals surface area contributed by atoms with Crippen molar-refractivity contribution in [1.29, 1.82) is 0 Å². The van der Waals surface area contributed by atoms with Crippen LogP contribution in [0.3, 0.4) is 0 Å². The van der Waals surface area contributed by atoms with Gasteiger partial charge >= 0.3 is 5.97 Å². The van der Waals surface area contributed by atoms with Crippen LogP contribution in [0.25, 0.3) is 0 Å². The number of ether oxygens (including phenoxy) is 1. The van der Waals surface area contributed by atoms with Crippen LogP contribution in [0.1, 0.15) is 0 Å². The van der Waals surface area contributed by atoms with Gasteiger partial charge in [0, 0.05) is 6.54 Å². The summed E-state index contributed by atoms with van der Waals surface area (Å²) in [5.41, 5.74) is 0. The molecule has 13 heavy (non-hydrogen) atoms. The van der Waals surface area contributed by atoms with Crippen LogP contribution in [0.2, 0.25) is 0 Å². The Bertz CT molecular complexity index is 238. The van der Waals surface area contributed by atoms with Gasteiger partial charge in [-0.1, -0.05) is 6.58 Å². The quantitative estimate of drug-likeness (QED) is 0.588. The molecule has 72 valence electrons. The van der Waals surface area contributed by atoms with E-state index >= 15 is 0 Å². The average Bonchev–Trinajstić information content (AvgIpc) is 2.16. The highest BCUT2D eigenvalue weighted by molar-refractivity contribution is 5.90. The number of nitrogens with zero attached hydrogens (tertiary/aromatic N) is 1. The van der Waals surface area contributed by atoms with Crippen molar-refractivity contribution < 1.29 is 19.4 Å². The molecule has 0 spiro atoms. The minimum absolute atomic E-state index is 0.0505. The maximum absolute atomic E-state index is 11.2. The van der Waals surface area contributed by atoms with Crippen molar-refractivity contribution in [3.05, 3.63) is 12.7 Å². The van der Waals surface area contributed by atoms with E-state index in [4.69, 9.17) is 9.84 Å². The Morgan fingerprint density at radius 3 is 2.85 bits per heavy atom. The van der Waals surface area contributed by atoms with Gasteiger partial charge in [-0.3, -0.25) is 4.79 Å². The highest BCUT2D eigenvalue weighted by Gasteiger charge is 2.31. The fraction of sp³-hybridized carbons (Fsp3) is 0.500. The summed E-state index contributed by atoms with van der Waals surface area (Å²) in [6, 6.07) is -0.876. The lowest BCUT2D eigenvalue weighted by molar-refractivity contribution is -0.156. The van der Waals surface area contributed by atoms with Gasteiger partial charge in [0.25, 0.3) is 0 Å². The number of morpholine rings is 1. The molecule has 0 aromatic rings. The van der Waals surface area contributed by atoms with Crippen molar-refractivity contribution in [3.63, 3.8) is 0 Å². The third-order valence-corrected chi connectivity index (χ3v) is 1.87. The molecule has 0 aromatic heterocycles. The molecule has 0 saturated carbocycles. The zero-order valence-corrected chi connectivity index (χ0v) is 7.10. The monoisotopic (exact) mass is 185 g/mol. The van der Waals surface area contributed by atoms with Crippen molar-refractivity contribution in [3.8, 4) is 0 Å². The molecule has 0 aromatic carbocycles. The predicted molar refractivity (Wildman–Crippen MR) is 44.2 cm³/mol. The number of rotatable bonds is 2. The number of aliphatic carboxylic acids is 1. The maximum atomic E-state index is 11.2. The summed E-state index contributed by atoms with van der Waals surface area (Å²) < 4.78 is 4.96. The third-order valence-electron chi connectivity index (χ3n) is 1.87. The fourth-order valence-corrected chi connectivity index (χ4v) is 1.19. The van der Waals surface area contributed by atoms with E-state index in [1.165, 1.54) is 4.90 Å². The molecule has 5 heteroatoms.